The van der Waals surface area contributed by atoms with Gasteiger partial charge in [-0.15, -0.1) is 0 Å². The minimum absolute atomic E-state index is 0.0973. The van der Waals surface area contributed by atoms with Gasteiger partial charge < -0.3 is 0 Å². The molecule has 0 heterocycles. The highest BCUT2D eigenvalue weighted by Gasteiger charge is 2.34. The molecular weight excluding hydrogens is 247 g/mol. The van der Waals surface area contributed by atoms with Crippen molar-refractivity contribution in [2.75, 3.05) is 6.67 Å². The molecule has 4 unspecified atom stereocenters. The van der Waals surface area contributed by atoms with Crippen molar-refractivity contribution in [2.24, 2.45) is 35.5 Å². The summed E-state index contributed by atoms with van der Waals surface area (Å²) in [5, 5.41) is 0. The smallest absolute Gasteiger partial charge is 0.0925 e. The second-order valence-corrected chi connectivity index (χ2v) is 7.34. The third-order valence-corrected chi connectivity index (χ3v) is 6.15. The zero-order valence-electron chi connectivity index (χ0n) is 14.5. The van der Waals surface area contributed by atoms with E-state index in [4.69, 9.17) is 0 Å². The fraction of sp³-hybridized carbons (Fsp3) is 1.00. The van der Waals surface area contributed by atoms with Crippen LogP contribution in [-0.4, -0.2) is 6.67 Å². The number of halogens is 1. The third kappa shape index (κ3) is 4.74. The SMILES string of the molecule is CC.CC1CCC(C2CCC(CF)C(C)C(C)C2)CC1. The van der Waals surface area contributed by atoms with Crippen LogP contribution in [0.5, 0.6) is 0 Å². The molecule has 0 aliphatic heterocycles. The fourth-order valence-electron chi connectivity index (χ4n) is 4.37. The maximum absolute atomic E-state index is 13.1. The van der Waals surface area contributed by atoms with Crippen LogP contribution >= 0.6 is 0 Å². The minimum atomic E-state index is -0.0973. The molecule has 0 aromatic heterocycles. The molecule has 0 nitrogen and oxygen atoms in total. The number of hydrogen-bond acceptors (Lipinski definition) is 0. The van der Waals surface area contributed by atoms with Crippen LogP contribution in [0.25, 0.3) is 0 Å². The first-order chi connectivity index (χ1) is 9.61. The summed E-state index contributed by atoms with van der Waals surface area (Å²) in [6.45, 7) is 10.9. The highest BCUT2D eigenvalue weighted by molar-refractivity contribution is 4.84. The lowest BCUT2D eigenvalue weighted by molar-refractivity contribution is 0.177. The highest BCUT2D eigenvalue weighted by atomic mass is 19.1. The molecule has 0 radical (unpaired) electrons. The Morgan fingerprint density at radius 1 is 0.800 bits per heavy atom. The van der Waals surface area contributed by atoms with Gasteiger partial charge in [-0.3, -0.25) is 4.39 Å². The van der Waals surface area contributed by atoms with Crippen molar-refractivity contribution >= 4 is 0 Å². The summed E-state index contributed by atoms with van der Waals surface area (Å²) in [7, 11) is 0. The lowest BCUT2D eigenvalue weighted by atomic mass is 9.72. The maximum Gasteiger partial charge on any atom is 0.0925 e. The summed E-state index contributed by atoms with van der Waals surface area (Å²) in [6.07, 6.45) is 9.52. The van der Waals surface area contributed by atoms with Crippen LogP contribution in [0.2, 0.25) is 0 Å². The van der Waals surface area contributed by atoms with Gasteiger partial charge in [-0.1, -0.05) is 47.5 Å². The van der Waals surface area contributed by atoms with E-state index in [0.29, 0.717) is 11.8 Å². The molecule has 1 heteroatoms. The maximum atomic E-state index is 13.1. The second-order valence-electron chi connectivity index (χ2n) is 7.34. The van der Waals surface area contributed by atoms with E-state index in [0.717, 1.165) is 30.1 Å². The van der Waals surface area contributed by atoms with Gasteiger partial charge in [0, 0.05) is 0 Å². The summed E-state index contributed by atoms with van der Waals surface area (Å²) < 4.78 is 13.1. The predicted molar refractivity (Wildman–Crippen MR) is 87.6 cm³/mol. The zero-order valence-corrected chi connectivity index (χ0v) is 14.5. The van der Waals surface area contributed by atoms with Gasteiger partial charge in [0.25, 0.3) is 0 Å². The Labute approximate surface area is 126 Å². The Morgan fingerprint density at radius 3 is 1.90 bits per heavy atom. The van der Waals surface area contributed by atoms with Gasteiger partial charge in [0.05, 0.1) is 6.67 Å². The molecule has 2 aliphatic carbocycles. The number of alkyl halides is 1. The topological polar surface area (TPSA) is 0 Å². The summed E-state index contributed by atoms with van der Waals surface area (Å²) >= 11 is 0. The van der Waals surface area contributed by atoms with Crippen molar-refractivity contribution in [3.8, 4) is 0 Å². The van der Waals surface area contributed by atoms with Gasteiger partial charge in [0.15, 0.2) is 0 Å². The molecule has 120 valence electrons. The van der Waals surface area contributed by atoms with E-state index in [-0.39, 0.29) is 6.67 Å². The zero-order chi connectivity index (χ0) is 15.1. The standard InChI is InChI=1S/C17H31F.C2H6/c1-12-4-6-15(7-5-12)16-8-9-17(11-18)14(3)13(2)10-16;1-2/h12-17H,4-11H2,1-3H3;1-2H3. The van der Waals surface area contributed by atoms with Crippen LogP contribution in [-0.2, 0) is 0 Å². The molecule has 2 saturated carbocycles. The first-order valence-corrected chi connectivity index (χ1v) is 9.17. The minimum Gasteiger partial charge on any atom is -0.251 e. The lowest BCUT2D eigenvalue weighted by Crippen LogP contribution is -2.22. The molecule has 0 amide bonds. The average molecular weight is 285 g/mol. The van der Waals surface area contributed by atoms with Gasteiger partial charge in [-0.2, -0.15) is 0 Å². The van der Waals surface area contributed by atoms with Crippen molar-refractivity contribution in [2.45, 2.75) is 79.6 Å². The van der Waals surface area contributed by atoms with Crippen LogP contribution in [0.1, 0.15) is 79.6 Å². The van der Waals surface area contributed by atoms with Crippen LogP contribution in [0.4, 0.5) is 4.39 Å². The molecule has 0 N–H and O–H groups in total. The molecule has 20 heavy (non-hydrogen) atoms. The number of rotatable bonds is 2. The summed E-state index contributed by atoms with van der Waals surface area (Å²) in [5.74, 6) is 4.44. The molecule has 2 rings (SSSR count). The van der Waals surface area contributed by atoms with E-state index in [9.17, 15) is 4.39 Å². The van der Waals surface area contributed by atoms with Crippen LogP contribution in [0.3, 0.4) is 0 Å². The molecular formula is C19H37F. The number of hydrogen-bond donors (Lipinski definition) is 0. The summed E-state index contributed by atoms with van der Waals surface area (Å²) in [4.78, 5) is 0. The van der Waals surface area contributed by atoms with Crippen molar-refractivity contribution in [1.82, 2.24) is 0 Å². The summed E-state index contributed by atoms with van der Waals surface area (Å²) in [5.41, 5.74) is 0. The first kappa shape index (κ1) is 18.0. The van der Waals surface area contributed by atoms with Gasteiger partial charge in [0.2, 0.25) is 0 Å². The Bertz CT molecular complexity index is 242. The monoisotopic (exact) mass is 284 g/mol. The average Bonchev–Trinajstić information content (AvgIpc) is 2.62. The predicted octanol–water partition coefficient (Wildman–Crippen LogP) is 6.50. The van der Waals surface area contributed by atoms with E-state index >= 15 is 0 Å². The van der Waals surface area contributed by atoms with Crippen molar-refractivity contribution < 1.29 is 4.39 Å². The normalized spacial score (nSPS) is 42.3. The first-order valence-electron chi connectivity index (χ1n) is 9.17. The fourth-order valence-corrected chi connectivity index (χ4v) is 4.37. The Kier molecular flexibility index (Phi) is 8.14. The molecule has 0 spiro atoms. The second kappa shape index (κ2) is 9.05. The molecule has 2 aliphatic rings. The quantitative estimate of drug-likeness (QED) is 0.508. The van der Waals surface area contributed by atoms with E-state index in [1.165, 1.54) is 38.5 Å². The van der Waals surface area contributed by atoms with Crippen LogP contribution in [0.15, 0.2) is 0 Å². The Hall–Kier alpha value is -0.0700. The van der Waals surface area contributed by atoms with Gasteiger partial charge in [-0.05, 0) is 67.6 Å². The van der Waals surface area contributed by atoms with E-state index in [2.05, 4.69) is 20.8 Å². The lowest BCUT2D eigenvalue weighted by Gasteiger charge is -2.33. The van der Waals surface area contributed by atoms with Crippen LogP contribution in [0, 0.1) is 35.5 Å². The Balaban J connectivity index is 0.000000956. The van der Waals surface area contributed by atoms with Crippen molar-refractivity contribution in [3.63, 3.8) is 0 Å². The molecule has 0 bridgehead atoms. The van der Waals surface area contributed by atoms with E-state index in [1.807, 2.05) is 13.8 Å². The summed E-state index contributed by atoms with van der Waals surface area (Å²) in [6, 6.07) is 0. The van der Waals surface area contributed by atoms with Crippen molar-refractivity contribution in [3.05, 3.63) is 0 Å². The molecule has 4 atom stereocenters. The van der Waals surface area contributed by atoms with E-state index < -0.39 is 0 Å². The third-order valence-electron chi connectivity index (χ3n) is 6.15. The van der Waals surface area contributed by atoms with Gasteiger partial charge in [-0.25, -0.2) is 0 Å². The highest BCUT2D eigenvalue weighted by Crippen LogP contribution is 2.43. The molecule has 0 saturated heterocycles. The largest absolute Gasteiger partial charge is 0.251 e. The molecule has 0 aromatic carbocycles. The molecule has 0 aromatic rings. The van der Waals surface area contributed by atoms with Crippen molar-refractivity contribution in [1.29, 1.82) is 0 Å². The Morgan fingerprint density at radius 2 is 1.35 bits per heavy atom. The van der Waals surface area contributed by atoms with Crippen LogP contribution < -0.4 is 0 Å². The van der Waals surface area contributed by atoms with Gasteiger partial charge in [0.1, 0.15) is 0 Å². The van der Waals surface area contributed by atoms with Gasteiger partial charge >= 0.3 is 0 Å². The van der Waals surface area contributed by atoms with E-state index in [1.54, 1.807) is 0 Å². The molecule has 2 fully saturated rings.